The molecule has 0 atom stereocenters. The number of benzene rings is 1. The number of halogens is 1. The fraction of sp³-hybridized carbons (Fsp3) is 0.400. The van der Waals surface area contributed by atoms with E-state index >= 15 is 0 Å². The molecule has 20 heavy (non-hydrogen) atoms. The molecule has 1 heterocycles. The molecule has 3 nitrogen and oxygen atoms in total. The Bertz CT molecular complexity index is 524. The predicted molar refractivity (Wildman–Crippen MR) is 88.8 cm³/mol. The maximum Gasteiger partial charge on any atom is 0.107 e. The van der Waals surface area contributed by atoms with Crippen LogP contribution in [0.15, 0.2) is 34.1 Å². The van der Waals surface area contributed by atoms with Gasteiger partial charge in [-0.1, -0.05) is 35.0 Å². The molecule has 2 aromatic rings. The van der Waals surface area contributed by atoms with Gasteiger partial charge in [-0.25, -0.2) is 4.98 Å². The van der Waals surface area contributed by atoms with Crippen LogP contribution in [0.2, 0.25) is 0 Å². The van der Waals surface area contributed by atoms with Gasteiger partial charge in [-0.3, -0.25) is 4.90 Å². The minimum absolute atomic E-state index is 0.873. The van der Waals surface area contributed by atoms with Crippen LogP contribution in [0.4, 0.5) is 0 Å². The minimum atomic E-state index is 0.873. The Morgan fingerprint density at radius 3 is 2.70 bits per heavy atom. The van der Waals surface area contributed by atoms with Crippen LogP contribution in [-0.2, 0) is 19.6 Å². The molecule has 0 aliphatic rings. The molecule has 0 amide bonds. The molecular formula is C15H20BrN3S. The maximum absolute atomic E-state index is 4.65. The highest BCUT2D eigenvalue weighted by molar-refractivity contribution is 9.10. The third-order valence-corrected chi connectivity index (χ3v) is 4.35. The summed E-state index contributed by atoms with van der Waals surface area (Å²) in [5.74, 6) is 0. The molecule has 1 N–H and O–H groups in total. The second-order valence-electron chi connectivity index (χ2n) is 4.81. The summed E-state index contributed by atoms with van der Waals surface area (Å²) in [6, 6.07) is 8.47. The van der Waals surface area contributed by atoms with E-state index in [1.807, 2.05) is 0 Å². The first-order chi connectivity index (χ1) is 9.67. The number of nitrogens with zero attached hydrogens (tertiary/aromatic N) is 2. The highest BCUT2D eigenvalue weighted by Crippen LogP contribution is 2.14. The third-order valence-electron chi connectivity index (χ3n) is 2.92. The van der Waals surface area contributed by atoms with Gasteiger partial charge in [0.1, 0.15) is 5.01 Å². The zero-order valence-electron chi connectivity index (χ0n) is 11.9. The average molecular weight is 354 g/mol. The van der Waals surface area contributed by atoms with Gasteiger partial charge in [0.15, 0.2) is 0 Å². The lowest BCUT2D eigenvalue weighted by molar-refractivity contribution is 0.315. The van der Waals surface area contributed by atoms with E-state index in [0.717, 1.165) is 36.3 Å². The summed E-state index contributed by atoms with van der Waals surface area (Å²) < 4.78 is 1.12. The maximum atomic E-state index is 4.65. The van der Waals surface area contributed by atoms with Crippen molar-refractivity contribution in [2.24, 2.45) is 0 Å². The number of aromatic nitrogens is 1. The summed E-state index contributed by atoms with van der Waals surface area (Å²) in [4.78, 5) is 6.94. The van der Waals surface area contributed by atoms with Gasteiger partial charge in [0.05, 0.1) is 5.69 Å². The van der Waals surface area contributed by atoms with E-state index in [2.05, 4.69) is 74.7 Å². The highest BCUT2D eigenvalue weighted by atomic mass is 79.9. The predicted octanol–water partition coefficient (Wildman–Crippen LogP) is 3.65. The molecule has 0 spiro atoms. The number of nitrogens with one attached hydrogen (secondary N) is 1. The summed E-state index contributed by atoms with van der Waals surface area (Å²) in [5, 5.41) is 6.63. The van der Waals surface area contributed by atoms with Crippen molar-refractivity contribution in [1.29, 1.82) is 0 Å². The SMILES string of the molecule is CCNCc1nc(CN(C)Cc2ccc(Br)cc2)cs1. The average Bonchev–Trinajstić information content (AvgIpc) is 2.86. The van der Waals surface area contributed by atoms with Crippen molar-refractivity contribution in [3.05, 3.63) is 50.4 Å². The highest BCUT2D eigenvalue weighted by Gasteiger charge is 2.06. The van der Waals surface area contributed by atoms with Crippen LogP contribution in [0.3, 0.4) is 0 Å². The van der Waals surface area contributed by atoms with E-state index in [1.165, 1.54) is 10.6 Å². The molecule has 1 aromatic heterocycles. The summed E-state index contributed by atoms with van der Waals surface area (Å²) >= 11 is 5.19. The number of hydrogen-bond donors (Lipinski definition) is 1. The third kappa shape index (κ3) is 4.98. The van der Waals surface area contributed by atoms with Gasteiger partial charge >= 0.3 is 0 Å². The van der Waals surface area contributed by atoms with Gasteiger partial charge in [-0.2, -0.15) is 0 Å². The second kappa shape index (κ2) is 7.88. The molecule has 2 rings (SSSR count). The van der Waals surface area contributed by atoms with Gasteiger partial charge in [0, 0.05) is 29.5 Å². The number of rotatable bonds is 7. The Hall–Kier alpha value is -0.750. The number of thiazole rings is 1. The lowest BCUT2D eigenvalue weighted by atomic mass is 10.2. The molecule has 0 unspecified atom stereocenters. The molecule has 0 fully saturated rings. The monoisotopic (exact) mass is 353 g/mol. The quantitative estimate of drug-likeness (QED) is 0.823. The van der Waals surface area contributed by atoms with Crippen molar-refractivity contribution in [1.82, 2.24) is 15.2 Å². The van der Waals surface area contributed by atoms with E-state index in [-0.39, 0.29) is 0 Å². The topological polar surface area (TPSA) is 28.2 Å². The Balaban J connectivity index is 1.86. The standard InChI is InChI=1S/C15H20BrN3S/c1-3-17-8-15-18-14(11-20-15)10-19(2)9-12-4-6-13(16)7-5-12/h4-7,11,17H,3,8-10H2,1-2H3. The van der Waals surface area contributed by atoms with Crippen LogP contribution in [0.5, 0.6) is 0 Å². The van der Waals surface area contributed by atoms with Crippen LogP contribution in [0.1, 0.15) is 23.2 Å². The summed E-state index contributed by atoms with van der Waals surface area (Å²) in [6.45, 7) is 5.79. The summed E-state index contributed by atoms with van der Waals surface area (Å²) in [5.41, 5.74) is 2.47. The zero-order valence-corrected chi connectivity index (χ0v) is 14.3. The normalized spacial score (nSPS) is 11.2. The number of hydrogen-bond acceptors (Lipinski definition) is 4. The smallest absolute Gasteiger partial charge is 0.107 e. The Labute approximate surface area is 133 Å². The zero-order chi connectivity index (χ0) is 14.4. The fourth-order valence-electron chi connectivity index (χ4n) is 1.97. The van der Waals surface area contributed by atoms with Gasteiger partial charge in [0.25, 0.3) is 0 Å². The van der Waals surface area contributed by atoms with E-state index in [9.17, 15) is 0 Å². The Kier molecular flexibility index (Phi) is 6.16. The van der Waals surface area contributed by atoms with Crippen LogP contribution in [0.25, 0.3) is 0 Å². The van der Waals surface area contributed by atoms with Gasteiger partial charge < -0.3 is 5.32 Å². The lowest BCUT2D eigenvalue weighted by Gasteiger charge is -2.15. The van der Waals surface area contributed by atoms with Gasteiger partial charge in [-0.15, -0.1) is 11.3 Å². The summed E-state index contributed by atoms with van der Waals surface area (Å²) in [7, 11) is 2.13. The molecule has 0 bridgehead atoms. The molecule has 0 saturated heterocycles. The first kappa shape index (κ1) is 15.6. The molecule has 0 saturated carbocycles. The molecule has 5 heteroatoms. The second-order valence-corrected chi connectivity index (χ2v) is 6.67. The van der Waals surface area contributed by atoms with Crippen LogP contribution in [0, 0.1) is 0 Å². The minimum Gasteiger partial charge on any atom is -0.311 e. The summed E-state index contributed by atoms with van der Waals surface area (Å²) in [6.07, 6.45) is 0. The first-order valence-corrected chi connectivity index (χ1v) is 8.41. The largest absolute Gasteiger partial charge is 0.311 e. The van der Waals surface area contributed by atoms with Crippen molar-refractivity contribution in [2.45, 2.75) is 26.6 Å². The van der Waals surface area contributed by atoms with Crippen molar-refractivity contribution in [3.8, 4) is 0 Å². The van der Waals surface area contributed by atoms with Gasteiger partial charge in [0.2, 0.25) is 0 Å². The Morgan fingerprint density at radius 1 is 1.25 bits per heavy atom. The van der Waals surface area contributed by atoms with E-state index in [1.54, 1.807) is 11.3 Å². The molecule has 0 aliphatic carbocycles. The van der Waals surface area contributed by atoms with E-state index in [0.29, 0.717) is 0 Å². The lowest BCUT2D eigenvalue weighted by Crippen LogP contribution is -2.17. The van der Waals surface area contributed by atoms with Crippen molar-refractivity contribution >= 4 is 27.3 Å². The Morgan fingerprint density at radius 2 is 2.00 bits per heavy atom. The van der Waals surface area contributed by atoms with E-state index < -0.39 is 0 Å². The fourth-order valence-corrected chi connectivity index (χ4v) is 2.99. The van der Waals surface area contributed by atoms with Crippen molar-refractivity contribution in [2.75, 3.05) is 13.6 Å². The van der Waals surface area contributed by atoms with E-state index in [4.69, 9.17) is 0 Å². The van der Waals surface area contributed by atoms with Gasteiger partial charge in [-0.05, 0) is 31.3 Å². The van der Waals surface area contributed by atoms with Crippen LogP contribution < -0.4 is 5.32 Å². The molecule has 0 aliphatic heterocycles. The molecular weight excluding hydrogens is 334 g/mol. The van der Waals surface area contributed by atoms with Crippen LogP contribution in [-0.4, -0.2) is 23.5 Å². The van der Waals surface area contributed by atoms with Crippen LogP contribution >= 0.6 is 27.3 Å². The first-order valence-electron chi connectivity index (χ1n) is 6.74. The van der Waals surface area contributed by atoms with Crippen molar-refractivity contribution < 1.29 is 0 Å². The molecule has 0 radical (unpaired) electrons. The molecule has 108 valence electrons. The molecule has 1 aromatic carbocycles. The van der Waals surface area contributed by atoms with Crippen molar-refractivity contribution in [3.63, 3.8) is 0 Å².